The molecule has 0 aliphatic heterocycles. The number of carbonyl (C=O) groups excluding carboxylic acids is 1. The molecule has 3 rings (SSSR count). The van der Waals surface area contributed by atoms with Gasteiger partial charge < -0.3 is 15.2 Å². The Labute approximate surface area is 122 Å². The van der Waals surface area contributed by atoms with Crippen molar-refractivity contribution >= 4 is 28.2 Å². The Morgan fingerprint density at radius 1 is 1.24 bits per heavy atom. The Morgan fingerprint density at radius 2 is 2.05 bits per heavy atom. The molecule has 0 radical (unpaired) electrons. The normalized spacial score (nSPS) is 10.6. The average molecular weight is 280 g/mol. The summed E-state index contributed by atoms with van der Waals surface area (Å²) in [5.41, 5.74) is 3.18. The molecule has 0 saturated carbocycles. The first-order valence-corrected chi connectivity index (χ1v) is 6.65. The fraction of sp³-hybridized carbons (Fsp3) is 0.125. The van der Waals surface area contributed by atoms with Crippen LogP contribution in [0.3, 0.4) is 0 Å². The molecular formula is C16H16N4O. The number of benzene rings is 1. The molecule has 2 heterocycles. The maximum Gasteiger partial charge on any atom is 0.257 e. The predicted octanol–water partition coefficient (Wildman–Crippen LogP) is 2.88. The van der Waals surface area contributed by atoms with E-state index < -0.39 is 0 Å². The standard InChI is InChI=1S/C16H16N4O/c1-20(2)15-7-8-17-10-14(15)19-16(21)12-9-18-13-6-4-3-5-11(12)13/h3-10,18H,1-2H3,(H,19,21). The molecule has 0 bridgehead atoms. The van der Waals surface area contributed by atoms with E-state index in [1.54, 1.807) is 18.6 Å². The molecule has 0 unspecified atom stereocenters. The van der Waals surface area contributed by atoms with Gasteiger partial charge in [0.25, 0.3) is 5.91 Å². The number of rotatable bonds is 3. The van der Waals surface area contributed by atoms with Gasteiger partial charge in [-0.25, -0.2) is 0 Å². The molecule has 0 aliphatic carbocycles. The number of hydrogen-bond donors (Lipinski definition) is 2. The summed E-state index contributed by atoms with van der Waals surface area (Å²) >= 11 is 0. The average Bonchev–Trinajstić information content (AvgIpc) is 2.91. The third-order valence-corrected chi connectivity index (χ3v) is 3.36. The number of H-pyrrole nitrogens is 1. The highest BCUT2D eigenvalue weighted by Crippen LogP contribution is 2.24. The zero-order valence-corrected chi connectivity index (χ0v) is 11.9. The number of amides is 1. The van der Waals surface area contributed by atoms with Crippen LogP contribution in [0.25, 0.3) is 10.9 Å². The van der Waals surface area contributed by atoms with Crippen molar-refractivity contribution in [2.75, 3.05) is 24.3 Å². The fourth-order valence-electron chi connectivity index (χ4n) is 2.32. The van der Waals surface area contributed by atoms with Gasteiger partial charge in [-0.05, 0) is 12.1 Å². The lowest BCUT2D eigenvalue weighted by atomic mass is 10.1. The van der Waals surface area contributed by atoms with Gasteiger partial charge in [-0.15, -0.1) is 0 Å². The summed E-state index contributed by atoms with van der Waals surface area (Å²) in [6, 6.07) is 9.59. The molecule has 0 fully saturated rings. The van der Waals surface area contributed by atoms with E-state index in [9.17, 15) is 4.79 Å². The number of para-hydroxylation sites is 1. The van der Waals surface area contributed by atoms with Crippen molar-refractivity contribution in [3.63, 3.8) is 0 Å². The summed E-state index contributed by atoms with van der Waals surface area (Å²) < 4.78 is 0. The van der Waals surface area contributed by atoms with Crippen LogP contribution in [-0.2, 0) is 0 Å². The highest BCUT2D eigenvalue weighted by atomic mass is 16.1. The molecule has 3 aromatic rings. The molecule has 5 nitrogen and oxygen atoms in total. The Bertz CT molecular complexity index is 792. The maximum atomic E-state index is 12.5. The van der Waals surface area contributed by atoms with Gasteiger partial charge in [0.05, 0.1) is 23.1 Å². The first kappa shape index (κ1) is 13.2. The number of nitrogens with zero attached hydrogens (tertiary/aromatic N) is 2. The molecule has 21 heavy (non-hydrogen) atoms. The van der Waals surface area contributed by atoms with Crippen LogP contribution in [0.2, 0.25) is 0 Å². The quantitative estimate of drug-likeness (QED) is 0.775. The van der Waals surface area contributed by atoms with E-state index in [-0.39, 0.29) is 5.91 Å². The van der Waals surface area contributed by atoms with Gasteiger partial charge in [-0.2, -0.15) is 0 Å². The van der Waals surface area contributed by atoms with E-state index in [1.165, 1.54) is 0 Å². The van der Waals surface area contributed by atoms with Crippen LogP contribution in [0.5, 0.6) is 0 Å². The second-order valence-corrected chi connectivity index (χ2v) is 4.99. The third kappa shape index (κ3) is 2.45. The zero-order chi connectivity index (χ0) is 14.8. The van der Waals surface area contributed by atoms with Gasteiger partial charge in [-0.1, -0.05) is 18.2 Å². The number of carbonyl (C=O) groups is 1. The van der Waals surface area contributed by atoms with E-state index in [1.807, 2.05) is 49.3 Å². The monoisotopic (exact) mass is 280 g/mol. The minimum Gasteiger partial charge on any atom is -0.376 e. The number of nitrogens with one attached hydrogen (secondary N) is 2. The minimum atomic E-state index is -0.149. The van der Waals surface area contributed by atoms with Crippen LogP contribution in [0.4, 0.5) is 11.4 Å². The third-order valence-electron chi connectivity index (χ3n) is 3.36. The summed E-state index contributed by atoms with van der Waals surface area (Å²) in [4.78, 5) is 21.6. The van der Waals surface area contributed by atoms with Gasteiger partial charge in [0.15, 0.2) is 0 Å². The molecule has 0 aliphatic rings. The van der Waals surface area contributed by atoms with Crippen LogP contribution < -0.4 is 10.2 Å². The van der Waals surface area contributed by atoms with E-state index >= 15 is 0 Å². The lowest BCUT2D eigenvalue weighted by molar-refractivity contribution is 0.102. The highest BCUT2D eigenvalue weighted by molar-refractivity contribution is 6.13. The SMILES string of the molecule is CN(C)c1ccncc1NC(=O)c1c[nH]c2ccccc12. The van der Waals surface area contributed by atoms with Gasteiger partial charge >= 0.3 is 0 Å². The number of fused-ring (bicyclic) bond motifs is 1. The summed E-state index contributed by atoms with van der Waals surface area (Å²) in [5, 5.41) is 3.83. The number of pyridine rings is 1. The molecule has 2 aromatic heterocycles. The number of aromatic amines is 1. The second kappa shape index (κ2) is 5.28. The summed E-state index contributed by atoms with van der Waals surface area (Å²) in [6.45, 7) is 0. The molecule has 0 saturated heterocycles. The van der Waals surface area contributed by atoms with Crippen LogP contribution in [0, 0.1) is 0 Å². The van der Waals surface area contributed by atoms with Crippen molar-refractivity contribution in [2.24, 2.45) is 0 Å². The molecule has 106 valence electrons. The second-order valence-electron chi connectivity index (χ2n) is 4.99. The molecule has 1 aromatic carbocycles. The van der Waals surface area contributed by atoms with Crippen LogP contribution in [-0.4, -0.2) is 30.0 Å². The highest BCUT2D eigenvalue weighted by Gasteiger charge is 2.14. The van der Waals surface area contributed by atoms with Crippen LogP contribution in [0.1, 0.15) is 10.4 Å². The molecule has 0 spiro atoms. The molecule has 0 atom stereocenters. The maximum absolute atomic E-state index is 12.5. The van der Waals surface area contributed by atoms with Gasteiger partial charge in [0, 0.05) is 37.4 Å². The summed E-state index contributed by atoms with van der Waals surface area (Å²) in [6.07, 6.45) is 5.09. The smallest absolute Gasteiger partial charge is 0.257 e. The van der Waals surface area contributed by atoms with Crippen molar-refractivity contribution in [3.8, 4) is 0 Å². The van der Waals surface area contributed by atoms with Gasteiger partial charge in [0.2, 0.25) is 0 Å². The Kier molecular flexibility index (Phi) is 3.31. The summed E-state index contributed by atoms with van der Waals surface area (Å²) in [5.74, 6) is -0.149. The minimum absolute atomic E-state index is 0.149. The number of hydrogen-bond acceptors (Lipinski definition) is 3. The number of anilines is 2. The van der Waals surface area contributed by atoms with Crippen molar-refractivity contribution in [1.82, 2.24) is 9.97 Å². The van der Waals surface area contributed by atoms with E-state index in [0.717, 1.165) is 16.6 Å². The van der Waals surface area contributed by atoms with E-state index in [0.29, 0.717) is 11.3 Å². The Morgan fingerprint density at radius 3 is 2.86 bits per heavy atom. The Balaban J connectivity index is 1.94. The zero-order valence-electron chi connectivity index (χ0n) is 11.9. The lowest BCUT2D eigenvalue weighted by Gasteiger charge is -2.17. The van der Waals surface area contributed by atoms with E-state index in [2.05, 4.69) is 15.3 Å². The molecule has 1 amide bonds. The number of aromatic nitrogens is 2. The van der Waals surface area contributed by atoms with Crippen molar-refractivity contribution in [2.45, 2.75) is 0 Å². The fourth-order valence-corrected chi connectivity index (χ4v) is 2.32. The largest absolute Gasteiger partial charge is 0.376 e. The lowest BCUT2D eigenvalue weighted by Crippen LogP contribution is -2.16. The van der Waals surface area contributed by atoms with Crippen molar-refractivity contribution in [3.05, 3.63) is 54.5 Å². The predicted molar refractivity (Wildman–Crippen MR) is 84.8 cm³/mol. The first-order valence-electron chi connectivity index (χ1n) is 6.65. The van der Waals surface area contributed by atoms with Gasteiger partial charge in [-0.3, -0.25) is 9.78 Å². The molecular weight excluding hydrogens is 264 g/mol. The molecule has 2 N–H and O–H groups in total. The van der Waals surface area contributed by atoms with Crippen molar-refractivity contribution < 1.29 is 4.79 Å². The summed E-state index contributed by atoms with van der Waals surface area (Å²) in [7, 11) is 3.85. The Hall–Kier alpha value is -2.82. The molecule has 5 heteroatoms. The topological polar surface area (TPSA) is 61.0 Å². The van der Waals surface area contributed by atoms with Crippen molar-refractivity contribution in [1.29, 1.82) is 0 Å². The van der Waals surface area contributed by atoms with Crippen LogP contribution >= 0.6 is 0 Å². The van der Waals surface area contributed by atoms with Gasteiger partial charge in [0.1, 0.15) is 0 Å². The van der Waals surface area contributed by atoms with E-state index in [4.69, 9.17) is 0 Å². The van der Waals surface area contributed by atoms with Crippen LogP contribution in [0.15, 0.2) is 48.9 Å². The first-order chi connectivity index (χ1) is 10.2.